The number of pyridine rings is 1. The molecule has 22 heavy (non-hydrogen) atoms. The zero-order valence-corrected chi connectivity index (χ0v) is 13.1. The molecule has 0 radical (unpaired) electrons. The number of unbranched alkanes of at least 4 members (excludes halogenated alkanes) is 1. The standard InChI is InChI=1S/C16H23N5O/c1-13(15-7-3-4-8-18-15)20-16(22)19-9-5-6-11-21-12-10-17-14(21)2/h3-4,7-8,10,12-13H,5-6,9,11H2,1-2H3,(H2,19,20,22)/t13-/m0/s1. The van der Waals surface area contributed by atoms with Gasteiger partial charge in [0.2, 0.25) is 0 Å². The molecule has 0 spiro atoms. The van der Waals surface area contributed by atoms with Gasteiger partial charge in [-0.1, -0.05) is 6.07 Å². The monoisotopic (exact) mass is 301 g/mol. The Hall–Kier alpha value is -2.37. The van der Waals surface area contributed by atoms with Gasteiger partial charge >= 0.3 is 6.03 Å². The maximum Gasteiger partial charge on any atom is 0.315 e. The molecular weight excluding hydrogens is 278 g/mol. The third-order valence-corrected chi connectivity index (χ3v) is 3.51. The summed E-state index contributed by atoms with van der Waals surface area (Å²) in [5.41, 5.74) is 0.855. The third kappa shape index (κ3) is 4.87. The van der Waals surface area contributed by atoms with Crippen LogP contribution >= 0.6 is 0 Å². The maximum atomic E-state index is 11.8. The predicted molar refractivity (Wildman–Crippen MR) is 85.4 cm³/mol. The fourth-order valence-corrected chi connectivity index (χ4v) is 2.20. The minimum Gasteiger partial charge on any atom is -0.338 e. The molecule has 6 nitrogen and oxygen atoms in total. The molecule has 0 bridgehead atoms. The van der Waals surface area contributed by atoms with E-state index in [0.29, 0.717) is 6.54 Å². The highest BCUT2D eigenvalue weighted by molar-refractivity contribution is 5.74. The summed E-state index contributed by atoms with van der Waals surface area (Å²) in [6.07, 6.45) is 7.45. The largest absolute Gasteiger partial charge is 0.338 e. The molecule has 2 aromatic rings. The number of urea groups is 1. The first kappa shape index (κ1) is 16.0. The molecule has 2 heterocycles. The molecule has 0 aliphatic carbocycles. The van der Waals surface area contributed by atoms with Gasteiger partial charge in [0.05, 0.1) is 11.7 Å². The highest BCUT2D eigenvalue weighted by atomic mass is 16.2. The van der Waals surface area contributed by atoms with E-state index in [2.05, 4.69) is 25.2 Å². The molecule has 0 fully saturated rings. The molecule has 2 aromatic heterocycles. The van der Waals surface area contributed by atoms with Crippen LogP contribution in [0.5, 0.6) is 0 Å². The molecule has 1 atom stereocenters. The number of hydrogen-bond donors (Lipinski definition) is 2. The highest BCUT2D eigenvalue weighted by Crippen LogP contribution is 2.07. The predicted octanol–water partition coefficient (Wildman–Crippen LogP) is 2.43. The van der Waals surface area contributed by atoms with Gasteiger partial charge in [0.15, 0.2) is 0 Å². The summed E-state index contributed by atoms with van der Waals surface area (Å²) in [4.78, 5) is 20.2. The fraction of sp³-hybridized carbons (Fsp3) is 0.438. The maximum absolute atomic E-state index is 11.8. The lowest BCUT2D eigenvalue weighted by Crippen LogP contribution is -2.37. The van der Waals surface area contributed by atoms with E-state index in [1.54, 1.807) is 12.4 Å². The first-order chi connectivity index (χ1) is 10.7. The molecule has 6 heteroatoms. The summed E-state index contributed by atoms with van der Waals surface area (Å²) in [5.74, 6) is 1.02. The third-order valence-electron chi connectivity index (χ3n) is 3.51. The number of carbonyl (C=O) groups excluding carboxylic acids is 1. The van der Waals surface area contributed by atoms with Crippen molar-refractivity contribution in [2.45, 2.75) is 39.3 Å². The van der Waals surface area contributed by atoms with Gasteiger partial charge in [-0.2, -0.15) is 0 Å². The Morgan fingerprint density at radius 2 is 2.14 bits per heavy atom. The Morgan fingerprint density at radius 3 is 2.82 bits per heavy atom. The fourth-order valence-electron chi connectivity index (χ4n) is 2.20. The minimum atomic E-state index is -0.156. The van der Waals surface area contributed by atoms with Gasteiger partial charge in [0, 0.05) is 31.7 Å². The molecule has 0 aliphatic rings. The first-order valence-corrected chi connectivity index (χ1v) is 7.60. The van der Waals surface area contributed by atoms with Crippen molar-refractivity contribution in [3.05, 3.63) is 48.3 Å². The van der Waals surface area contributed by atoms with Gasteiger partial charge < -0.3 is 15.2 Å². The molecule has 0 unspecified atom stereocenters. The van der Waals surface area contributed by atoms with E-state index in [1.807, 2.05) is 38.2 Å². The van der Waals surface area contributed by atoms with Crippen molar-refractivity contribution < 1.29 is 4.79 Å². The molecular formula is C16H23N5O. The average molecular weight is 301 g/mol. The van der Waals surface area contributed by atoms with Crippen LogP contribution in [-0.4, -0.2) is 27.1 Å². The number of nitrogens with one attached hydrogen (secondary N) is 2. The minimum absolute atomic E-state index is 0.102. The molecule has 0 aliphatic heterocycles. The molecule has 0 saturated carbocycles. The zero-order chi connectivity index (χ0) is 15.8. The molecule has 118 valence electrons. The van der Waals surface area contributed by atoms with Gasteiger partial charge in [-0.25, -0.2) is 9.78 Å². The number of carbonyl (C=O) groups is 1. The van der Waals surface area contributed by atoms with E-state index < -0.39 is 0 Å². The van der Waals surface area contributed by atoms with Crippen LogP contribution in [0.2, 0.25) is 0 Å². The first-order valence-electron chi connectivity index (χ1n) is 7.60. The lowest BCUT2D eigenvalue weighted by Gasteiger charge is -2.14. The van der Waals surface area contributed by atoms with E-state index in [4.69, 9.17) is 0 Å². The second-order valence-corrected chi connectivity index (χ2v) is 5.25. The van der Waals surface area contributed by atoms with Crippen LogP contribution in [-0.2, 0) is 6.54 Å². The summed E-state index contributed by atoms with van der Waals surface area (Å²) >= 11 is 0. The summed E-state index contributed by atoms with van der Waals surface area (Å²) in [6, 6.07) is 5.42. The number of amides is 2. The quantitative estimate of drug-likeness (QED) is 0.772. The van der Waals surface area contributed by atoms with Crippen molar-refractivity contribution in [3.63, 3.8) is 0 Å². The van der Waals surface area contributed by atoms with E-state index >= 15 is 0 Å². The molecule has 0 saturated heterocycles. The smallest absolute Gasteiger partial charge is 0.315 e. The lowest BCUT2D eigenvalue weighted by molar-refractivity contribution is 0.237. The van der Waals surface area contributed by atoms with Crippen LogP contribution < -0.4 is 10.6 Å². The lowest BCUT2D eigenvalue weighted by atomic mass is 10.2. The summed E-state index contributed by atoms with van der Waals surface area (Å²) in [6.45, 7) is 5.50. The number of rotatable bonds is 7. The SMILES string of the molecule is Cc1nccn1CCCCNC(=O)N[C@@H](C)c1ccccn1. The van der Waals surface area contributed by atoms with Crippen molar-refractivity contribution in [1.82, 2.24) is 25.2 Å². The van der Waals surface area contributed by atoms with Crippen molar-refractivity contribution >= 4 is 6.03 Å². The second-order valence-electron chi connectivity index (χ2n) is 5.25. The Bertz CT molecular complexity index is 581. The number of hydrogen-bond acceptors (Lipinski definition) is 3. The van der Waals surface area contributed by atoms with E-state index in [9.17, 15) is 4.79 Å². The van der Waals surface area contributed by atoms with Crippen molar-refractivity contribution in [2.24, 2.45) is 0 Å². The van der Waals surface area contributed by atoms with Gasteiger partial charge in [-0.05, 0) is 38.8 Å². The van der Waals surface area contributed by atoms with Crippen LogP contribution in [0.4, 0.5) is 4.79 Å². The van der Waals surface area contributed by atoms with Crippen molar-refractivity contribution in [2.75, 3.05) is 6.54 Å². The van der Waals surface area contributed by atoms with Crippen molar-refractivity contribution in [1.29, 1.82) is 0 Å². The van der Waals surface area contributed by atoms with E-state index in [1.165, 1.54) is 0 Å². The summed E-state index contributed by atoms with van der Waals surface area (Å²) in [7, 11) is 0. The topological polar surface area (TPSA) is 71.8 Å². The molecule has 2 rings (SSSR count). The highest BCUT2D eigenvalue weighted by Gasteiger charge is 2.09. The van der Waals surface area contributed by atoms with Gasteiger partial charge in [0.25, 0.3) is 0 Å². The molecule has 2 N–H and O–H groups in total. The summed E-state index contributed by atoms with van der Waals surface area (Å²) < 4.78 is 2.11. The number of aryl methyl sites for hydroxylation is 2. The van der Waals surface area contributed by atoms with Crippen LogP contribution in [0.15, 0.2) is 36.8 Å². The summed E-state index contributed by atoms with van der Waals surface area (Å²) in [5, 5.41) is 5.76. The van der Waals surface area contributed by atoms with Crippen LogP contribution in [0, 0.1) is 6.92 Å². The van der Waals surface area contributed by atoms with E-state index in [-0.39, 0.29) is 12.1 Å². The van der Waals surface area contributed by atoms with Gasteiger partial charge in [0.1, 0.15) is 5.82 Å². The van der Waals surface area contributed by atoms with Gasteiger partial charge in [-0.3, -0.25) is 4.98 Å². The average Bonchev–Trinajstić information content (AvgIpc) is 2.93. The Morgan fingerprint density at radius 1 is 1.27 bits per heavy atom. The van der Waals surface area contributed by atoms with Crippen LogP contribution in [0.3, 0.4) is 0 Å². The second kappa shape index (κ2) is 8.17. The van der Waals surface area contributed by atoms with E-state index in [0.717, 1.165) is 30.9 Å². The molecule has 2 amide bonds. The van der Waals surface area contributed by atoms with Gasteiger partial charge in [-0.15, -0.1) is 0 Å². The van der Waals surface area contributed by atoms with Crippen LogP contribution in [0.25, 0.3) is 0 Å². The normalized spacial score (nSPS) is 11.9. The van der Waals surface area contributed by atoms with Crippen molar-refractivity contribution in [3.8, 4) is 0 Å². The Balaban J connectivity index is 1.61. The number of nitrogens with zero attached hydrogens (tertiary/aromatic N) is 3. The molecule has 0 aromatic carbocycles. The number of imidazole rings is 1. The number of aromatic nitrogens is 3. The van der Waals surface area contributed by atoms with Crippen LogP contribution in [0.1, 0.15) is 37.3 Å². The Kier molecular flexibility index (Phi) is 5.94. The zero-order valence-electron chi connectivity index (χ0n) is 13.1. The Labute approximate surface area is 131 Å².